The molecule has 0 spiro atoms. The van der Waals surface area contributed by atoms with E-state index in [0.29, 0.717) is 17.9 Å². The summed E-state index contributed by atoms with van der Waals surface area (Å²) in [6.45, 7) is 2.61. The standard InChI is InChI=1S/C24H29N3O4S/c1-4-18-7-9-19(10-8-18)23(27(2)3)17-25-24(28)20-11-13-22(14-12-20)32(29,30)26-16-21-6-5-15-31-21/h5-15,23,26H,4,16-17H2,1-3H3,(H,25,28)/t23-/m0/s1. The van der Waals surface area contributed by atoms with Crippen LogP contribution < -0.4 is 10.0 Å². The lowest BCUT2D eigenvalue weighted by Crippen LogP contribution is -2.34. The van der Waals surface area contributed by atoms with Crippen molar-refractivity contribution >= 4 is 15.9 Å². The average molecular weight is 456 g/mol. The number of likely N-dealkylation sites (N-methyl/N-ethyl adjacent to an activating group) is 1. The summed E-state index contributed by atoms with van der Waals surface area (Å²) in [4.78, 5) is 14.8. The Morgan fingerprint density at radius 3 is 2.28 bits per heavy atom. The molecule has 1 heterocycles. The molecule has 0 aliphatic rings. The van der Waals surface area contributed by atoms with Crippen molar-refractivity contribution < 1.29 is 17.6 Å². The van der Waals surface area contributed by atoms with E-state index in [9.17, 15) is 13.2 Å². The molecular weight excluding hydrogens is 426 g/mol. The summed E-state index contributed by atoms with van der Waals surface area (Å²) in [6.07, 6.45) is 2.46. The second kappa shape index (κ2) is 10.6. The highest BCUT2D eigenvalue weighted by Gasteiger charge is 2.18. The minimum atomic E-state index is -3.71. The fourth-order valence-corrected chi connectivity index (χ4v) is 4.31. The number of nitrogens with one attached hydrogen (secondary N) is 2. The van der Waals surface area contributed by atoms with Gasteiger partial charge in [0.1, 0.15) is 5.76 Å². The molecule has 1 amide bonds. The number of rotatable bonds is 10. The fourth-order valence-electron chi connectivity index (χ4n) is 3.31. The van der Waals surface area contributed by atoms with Gasteiger partial charge in [-0.15, -0.1) is 0 Å². The van der Waals surface area contributed by atoms with Crippen LogP contribution in [0.5, 0.6) is 0 Å². The van der Waals surface area contributed by atoms with Gasteiger partial charge >= 0.3 is 0 Å². The number of aryl methyl sites for hydroxylation is 1. The molecule has 0 aliphatic carbocycles. The van der Waals surface area contributed by atoms with E-state index in [-0.39, 0.29) is 23.4 Å². The molecule has 0 aliphatic heterocycles. The largest absolute Gasteiger partial charge is 0.468 e. The zero-order valence-corrected chi connectivity index (χ0v) is 19.4. The van der Waals surface area contributed by atoms with Crippen LogP contribution in [0.2, 0.25) is 0 Å². The predicted molar refractivity (Wildman–Crippen MR) is 124 cm³/mol. The smallest absolute Gasteiger partial charge is 0.251 e. The van der Waals surface area contributed by atoms with Crippen LogP contribution in [0.15, 0.2) is 76.2 Å². The maximum atomic E-state index is 12.6. The van der Waals surface area contributed by atoms with E-state index in [1.807, 2.05) is 14.1 Å². The summed E-state index contributed by atoms with van der Waals surface area (Å²) in [7, 11) is 0.238. The van der Waals surface area contributed by atoms with Crippen LogP contribution in [-0.4, -0.2) is 39.9 Å². The number of carbonyl (C=O) groups excluding carboxylic acids is 1. The van der Waals surface area contributed by atoms with E-state index in [0.717, 1.165) is 12.0 Å². The van der Waals surface area contributed by atoms with Crippen molar-refractivity contribution in [1.29, 1.82) is 0 Å². The number of benzene rings is 2. The maximum Gasteiger partial charge on any atom is 0.251 e. The normalized spacial score (nSPS) is 12.6. The summed E-state index contributed by atoms with van der Waals surface area (Å²) < 4.78 is 32.5. The van der Waals surface area contributed by atoms with Crippen LogP contribution in [0, 0.1) is 0 Å². The molecule has 2 N–H and O–H groups in total. The molecule has 0 radical (unpaired) electrons. The molecule has 8 heteroatoms. The predicted octanol–water partition coefficient (Wildman–Crippen LogP) is 3.35. The Morgan fingerprint density at radius 1 is 1.03 bits per heavy atom. The van der Waals surface area contributed by atoms with Crippen molar-refractivity contribution in [3.63, 3.8) is 0 Å². The molecule has 0 fully saturated rings. The van der Waals surface area contributed by atoms with Crippen LogP contribution in [0.4, 0.5) is 0 Å². The molecule has 3 rings (SSSR count). The highest BCUT2D eigenvalue weighted by molar-refractivity contribution is 7.89. The van der Waals surface area contributed by atoms with Crippen LogP contribution in [0.25, 0.3) is 0 Å². The van der Waals surface area contributed by atoms with E-state index >= 15 is 0 Å². The number of carbonyl (C=O) groups is 1. The van der Waals surface area contributed by atoms with Crippen molar-refractivity contribution in [2.24, 2.45) is 0 Å². The maximum absolute atomic E-state index is 12.6. The van der Waals surface area contributed by atoms with E-state index in [2.05, 4.69) is 46.1 Å². The van der Waals surface area contributed by atoms with Gasteiger partial charge in [0.25, 0.3) is 5.91 Å². The lowest BCUT2D eigenvalue weighted by atomic mass is 10.0. The number of hydrogen-bond donors (Lipinski definition) is 2. The van der Waals surface area contributed by atoms with Gasteiger partial charge in [0.15, 0.2) is 0 Å². The average Bonchev–Trinajstić information content (AvgIpc) is 3.32. The first-order valence-electron chi connectivity index (χ1n) is 10.5. The Hall–Kier alpha value is -2.94. The molecule has 32 heavy (non-hydrogen) atoms. The minimum absolute atomic E-state index is 0.0234. The molecule has 7 nitrogen and oxygen atoms in total. The zero-order chi connectivity index (χ0) is 23.1. The van der Waals surface area contributed by atoms with Gasteiger partial charge in [-0.3, -0.25) is 4.79 Å². The van der Waals surface area contributed by atoms with Crippen molar-refractivity contribution in [3.8, 4) is 0 Å². The Balaban J connectivity index is 1.61. The first-order chi connectivity index (χ1) is 15.3. The summed E-state index contributed by atoms with van der Waals surface area (Å²) in [5.41, 5.74) is 2.79. The van der Waals surface area contributed by atoms with Crippen molar-refractivity contribution in [2.45, 2.75) is 30.8 Å². The number of amides is 1. The van der Waals surface area contributed by atoms with E-state index in [4.69, 9.17) is 4.42 Å². The highest BCUT2D eigenvalue weighted by Crippen LogP contribution is 2.19. The lowest BCUT2D eigenvalue weighted by molar-refractivity contribution is 0.0942. The monoisotopic (exact) mass is 455 g/mol. The molecule has 1 atom stereocenters. The van der Waals surface area contributed by atoms with Crippen LogP contribution in [0.1, 0.15) is 40.2 Å². The summed E-state index contributed by atoms with van der Waals surface area (Å²) in [5, 5.41) is 2.95. The Labute approximate surface area is 189 Å². The van der Waals surface area contributed by atoms with Crippen molar-refractivity contribution in [2.75, 3.05) is 20.6 Å². The summed E-state index contributed by atoms with van der Waals surface area (Å²) in [6, 6.07) is 17.7. The third-order valence-corrected chi connectivity index (χ3v) is 6.71. The van der Waals surface area contributed by atoms with Crippen molar-refractivity contribution in [1.82, 2.24) is 14.9 Å². The topological polar surface area (TPSA) is 91.6 Å². The third-order valence-electron chi connectivity index (χ3n) is 5.30. The second-order valence-electron chi connectivity index (χ2n) is 7.71. The highest BCUT2D eigenvalue weighted by atomic mass is 32.2. The number of hydrogen-bond acceptors (Lipinski definition) is 5. The van der Waals surface area contributed by atoms with E-state index in [1.54, 1.807) is 12.1 Å². The van der Waals surface area contributed by atoms with Crippen LogP contribution in [-0.2, 0) is 23.0 Å². The Kier molecular flexibility index (Phi) is 7.84. The van der Waals surface area contributed by atoms with Gasteiger partial charge in [0.2, 0.25) is 10.0 Å². The number of sulfonamides is 1. The minimum Gasteiger partial charge on any atom is -0.468 e. The Bertz CT molecular complexity index is 1110. The van der Waals surface area contributed by atoms with E-state index < -0.39 is 10.0 Å². The molecule has 2 aromatic carbocycles. The molecule has 0 saturated heterocycles. The molecular formula is C24H29N3O4S. The lowest BCUT2D eigenvalue weighted by Gasteiger charge is -2.25. The van der Waals surface area contributed by atoms with Gasteiger partial charge in [0.05, 0.1) is 23.7 Å². The molecule has 1 aromatic heterocycles. The van der Waals surface area contributed by atoms with Gasteiger partial charge < -0.3 is 14.6 Å². The zero-order valence-electron chi connectivity index (χ0n) is 18.5. The van der Waals surface area contributed by atoms with Gasteiger partial charge in [-0.25, -0.2) is 13.1 Å². The van der Waals surface area contributed by atoms with Gasteiger partial charge in [-0.2, -0.15) is 0 Å². The van der Waals surface area contributed by atoms with Gasteiger partial charge in [-0.1, -0.05) is 31.2 Å². The number of furan rings is 1. The van der Waals surface area contributed by atoms with Gasteiger partial charge in [-0.05, 0) is 68.0 Å². The second-order valence-corrected chi connectivity index (χ2v) is 9.48. The first kappa shape index (κ1) is 23.7. The van der Waals surface area contributed by atoms with Crippen LogP contribution in [0.3, 0.4) is 0 Å². The van der Waals surface area contributed by atoms with Crippen molar-refractivity contribution in [3.05, 3.63) is 89.4 Å². The third kappa shape index (κ3) is 6.06. The molecule has 170 valence electrons. The summed E-state index contributed by atoms with van der Waals surface area (Å²) >= 11 is 0. The van der Waals surface area contributed by atoms with E-state index in [1.165, 1.54) is 36.1 Å². The fraction of sp³-hybridized carbons (Fsp3) is 0.292. The molecule has 0 bridgehead atoms. The first-order valence-corrected chi connectivity index (χ1v) is 11.9. The number of nitrogens with zero attached hydrogens (tertiary/aromatic N) is 1. The Morgan fingerprint density at radius 2 is 1.72 bits per heavy atom. The summed E-state index contributed by atoms with van der Waals surface area (Å²) in [5.74, 6) is 0.263. The molecule has 0 saturated carbocycles. The SMILES string of the molecule is CCc1ccc([C@H](CNC(=O)c2ccc(S(=O)(=O)NCc3ccco3)cc2)N(C)C)cc1. The molecule has 0 unspecified atom stereocenters. The quantitative estimate of drug-likeness (QED) is 0.489. The molecule has 3 aromatic rings. The van der Waals surface area contributed by atoms with Crippen LogP contribution >= 0.6 is 0 Å². The van der Waals surface area contributed by atoms with Gasteiger partial charge in [0, 0.05) is 12.1 Å².